The highest BCUT2D eigenvalue weighted by Gasteiger charge is 2.27. The van der Waals surface area contributed by atoms with Crippen molar-refractivity contribution >= 4 is 5.97 Å². The summed E-state index contributed by atoms with van der Waals surface area (Å²) in [6, 6.07) is 0. The van der Waals surface area contributed by atoms with Gasteiger partial charge in [-0.1, -0.05) is 84.1 Å². The Hall–Kier alpha value is -0.620. The van der Waals surface area contributed by atoms with Gasteiger partial charge in [-0.25, -0.2) is 4.79 Å². The molecule has 0 heterocycles. The van der Waals surface area contributed by atoms with Crippen molar-refractivity contribution in [2.45, 2.75) is 104 Å². The number of unbranched alkanes of at least 4 members (excludes halogenated alkanes) is 11. The minimum Gasteiger partial charge on any atom is -1.00 e. The second-order valence-electron chi connectivity index (χ2n) is 8.87. The number of carbonyl (C=O) groups is 1. The van der Waals surface area contributed by atoms with Crippen molar-refractivity contribution < 1.29 is 36.3 Å². The number of carbonyl (C=O) groups excluding carboxylic acids is 1. The largest absolute Gasteiger partial charge is 1.00 e. The molecule has 0 bridgehead atoms. The van der Waals surface area contributed by atoms with Crippen LogP contribution in [0.5, 0.6) is 0 Å². The number of hydrogen-bond donors (Lipinski definition) is 1. The molecule has 0 radical (unpaired) electrons. The van der Waals surface area contributed by atoms with Crippen molar-refractivity contribution in [2.24, 2.45) is 0 Å². The van der Waals surface area contributed by atoms with Crippen LogP contribution in [0.3, 0.4) is 0 Å². The molecule has 0 aromatic heterocycles. The van der Waals surface area contributed by atoms with E-state index in [-0.39, 0.29) is 12.4 Å². The van der Waals surface area contributed by atoms with Gasteiger partial charge in [-0.15, -0.1) is 0 Å². The molecule has 0 aromatic carbocycles. The molecule has 32 heavy (non-hydrogen) atoms. The Labute approximate surface area is 204 Å². The highest BCUT2D eigenvalue weighted by molar-refractivity contribution is 5.81. The van der Waals surface area contributed by atoms with Gasteiger partial charge in [-0.05, 0) is 20.3 Å². The van der Waals surface area contributed by atoms with Crippen molar-refractivity contribution in [3.63, 3.8) is 0 Å². The highest BCUT2D eigenvalue weighted by atomic mass is 35.5. The van der Waals surface area contributed by atoms with Gasteiger partial charge in [-0.2, -0.15) is 0 Å². The number of halogens is 1. The minimum absolute atomic E-state index is 0. The Kier molecular flexibility index (Phi) is 24.7. The van der Waals surface area contributed by atoms with Crippen LogP contribution in [-0.4, -0.2) is 67.7 Å². The molecule has 0 saturated carbocycles. The van der Waals surface area contributed by atoms with E-state index in [1.807, 2.05) is 0 Å². The maximum Gasteiger partial charge on any atom is 0.330 e. The zero-order chi connectivity index (χ0) is 23.2. The van der Waals surface area contributed by atoms with E-state index in [0.29, 0.717) is 30.8 Å². The Bertz CT molecular complexity index is 430. The summed E-state index contributed by atoms with van der Waals surface area (Å²) in [5, 5.41) is 10.4. The first kappa shape index (κ1) is 33.6. The molecule has 1 unspecified atom stereocenters. The topological polar surface area (TPSA) is 55.8 Å². The number of rotatable bonds is 23. The van der Waals surface area contributed by atoms with E-state index >= 15 is 0 Å². The van der Waals surface area contributed by atoms with Crippen LogP contribution in [0.4, 0.5) is 0 Å². The standard InChI is InChI=1S/C26H52NO4.ClH/c1-5-9-10-11-12-13-14-15-16-17-18-19-21-30-24-25(28)23-27(7-3,8-4)20-22-31-26(29)6-2;/h6,25,28H,2,5,7-24H2,1,3-4H3;1H/q+1;/p-1. The van der Waals surface area contributed by atoms with Crippen LogP contribution in [0.1, 0.15) is 97.8 Å². The number of nitrogens with zero attached hydrogens (tertiary/aromatic N) is 1. The summed E-state index contributed by atoms with van der Waals surface area (Å²) in [6.07, 6.45) is 16.7. The van der Waals surface area contributed by atoms with Gasteiger partial charge in [0.1, 0.15) is 25.8 Å². The molecule has 6 heteroatoms. The first-order chi connectivity index (χ1) is 15.0. The number of aliphatic hydroxyl groups is 1. The minimum atomic E-state index is -0.493. The fraction of sp³-hybridized carbons (Fsp3) is 0.885. The van der Waals surface area contributed by atoms with E-state index in [1.165, 1.54) is 76.7 Å². The third-order valence-electron chi connectivity index (χ3n) is 6.37. The lowest BCUT2D eigenvalue weighted by atomic mass is 10.1. The molecule has 1 atom stereocenters. The summed E-state index contributed by atoms with van der Waals surface area (Å²) in [4.78, 5) is 11.2. The van der Waals surface area contributed by atoms with Crippen molar-refractivity contribution in [1.29, 1.82) is 0 Å². The lowest BCUT2D eigenvalue weighted by molar-refractivity contribution is -0.927. The van der Waals surface area contributed by atoms with Crippen LogP contribution in [-0.2, 0) is 14.3 Å². The Morgan fingerprint density at radius 1 is 0.875 bits per heavy atom. The molecule has 5 nitrogen and oxygen atoms in total. The number of quaternary nitrogens is 1. The lowest BCUT2D eigenvalue weighted by Crippen LogP contribution is -3.00. The SMILES string of the molecule is C=CC(=O)OCC[N+](CC)(CC)CC(O)COCCCCCCCCCCCCCC.[Cl-]. The first-order valence-corrected chi connectivity index (χ1v) is 12.9. The van der Waals surface area contributed by atoms with Crippen molar-refractivity contribution in [2.75, 3.05) is 46.0 Å². The molecule has 0 aromatic rings. The van der Waals surface area contributed by atoms with E-state index in [4.69, 9.17) is 9.47 Å². The third-order valence-corrected chi connectivity index (χ3v) is 6.37. The molecule has 0 aliphatic rings. The molecule has 0 aliphatic heterocycles. The van der Waals surface area contributed by atoms with Gasteiger partial charge in [0.15, 0.2) is 0 Å². The molecule has 0 fully saturated rings. The molecule has 0 aliphatic carbocycles. The second-order valence-corrected chi connectivity index (χ2v) is 8.87. The zero-order valence-corrected chi connectivity index (χ0v) is 22.0. The lowest BCUT2D eigenvalue weighted by Gasteiger charge is -2.38. The molecular formula is C26H52ClNO4. The fourth-order valence-corrected chi connectivity index (χ4v) is 4.05. The Morgan fingerprint density at radius 2 is 1.38 bits per heavy atom. The number of likely N-dealkylation sites (N-methyl/N-ethyl adjacent to an activating group) is 1. The number of aliphatic hydroxyl groups excluding tert-OH is 1. The van der Waals surface area contributed by atoms with Gasteiger partial charge in [0, 0.05) is 12.7 Å². The summed E-state index contributed by atoms with van der Waals surface area (Å²) >= 11 is 0. The molecular weight excluding hydrogens is 426 g/mol. The molecule has 192 valence electrons. The van der Waals surface area contributed by atoms with Crippen LogP contribution in [0.15, 0.2) is 12.7 Å². The van der Waals surface area contributed by atoms with E-state index in [1.54, 1.807) is 0 Å². The van der Waals surface area contributed by atoms with Crippen LogP contribution in [0, 0.1) is 0 Å². The normalized spacial score (nSPS) is 12.2. The molecule has 0 saturated heterocycles. The average Bonchev–Trinajstić information content (AvgIpc) is 2.78. The van der Waals surface area contributed by atoms with Gasteiger partial charge in [0.05, 0.1) is 19.7 Å². The van der Waals surface area contributed by atoms with Gasteiger partial charge < -0.3 is 31.5 Å². The van der Waals surface area contributed by atoms with Gasteiger partial charge in [0.25, 0.3) is 0 Å². The van der Waals surface area contributed by atoms with Crippen LogP contribution in [0.2, 0.25) is 0 Å². The van der Waals surface area contributed by atoms with Crippen molar-refractivity contribution in [3.8, 4) is 0 Å². The molecule has 0 amide bonds. The first-order valence-electron chi connectivity index (χ1n) is 12.9. The Balaban J connectivity index is 0. The van der Waals surface area contributed by atoms with E-state index in [2.05, 4.69) is 27.4 Å². The summed E-state index contributed by atoms with van der Waals surface area (Å²) in [5.74, 6) is -0.392. The fourth-order valence-electron chi connectivity index (χ4n) is 4.05. The number of esters is 1. The summed E-state index contributed by atoms with van der Waals surface area (Å²) in [5.41, 5.74) is 0. The molecule has 0 rings (SSSR count). The maximum absolute atomic E-state index is 11.2. The van der Waals surface area contributed by atoms with Crippen LogP contribution in [0.25, 0.3) is 0 Å². The van der Waals surface area contributed by atoms with Gasteiger partial charge in [-0.3, -0.25) is 0 Å². The van der Waals surface area contributed by atoms with Crippen molar-refractivity contribution in [1.82, 2.24) is 0 Å². The third kappa shape index (κ3) is 18.9. The van der Waals surface area contributed by atoms with E-state index in [0.717, 1.165) is 26.1 Å². The van der Waals surface area contributed by atoms with Crippen molar-refractivity contribution in [3.05, 3.63) is 12.7 Å². The number of hydrogen-bond acceptors (Lipinski definition) is 4. The van der Waals surface area contributed by atoms with Gasteiger partial charge >= 0.3 is 5.97 Å². The summed E-state index contributed by atoms with van der Waals surface area (Å²) in [6.45, 7) is 14.4. The average molecular weight is 478 g/mol. The summed E-state index contributed by atoms with van der Waals surface area (Å²) < 4.78 is 11.6. The van der Waals surface area contributed by atoms with E-state index in [9.17, 15) is 9.90 Å². The second kappa shape index (κ2) is 23.5. The highest BCUT2D eigenvalue weighted by Crippen LogP contribution is 2.12. The smallest absolute Gasteiger partial charge is 0.330 e. The molecule has 0 spiro atoms. The maximum atomic E-state index is 11.2. The van der Waals surface area contributed by atoms with Crippen LogP contribution < -0.4 is 12.4 Å². The van der Waals surface area contributed by atoms with Gasteiger partial charge in [0.2, 0.25) is 0 Å². The number of ether oxygens (including phenoxy) is 2. The van der Waals surface area contributed by atoms with Crippen LogP contribution >= 0.6 is 0 Å². The quantitative estimate of drug-likeness (QED) is 0.106. The predicted octanol–water partition coefficient (Wildman–Crippen LogP) is 2.65. The Morgan fingerprint density at radius 3 is 1.84 bits per heavy atom. The predicted molar refractivity (Wildman–Crippen MR) is 130 cm³/mol. The zero-order valence-electron chi connectivity index (χ0n) is 21.3. The monoisotopic (exact) mass is 477 g/mol. The van der Waals surface area contributed by atoms with E-state index < -0.39 is 12.1 Å². The molecule has 1 N–H and O–H groups in total. The summed E-state index contributed by atoms with van der Waals surface area (Å²) in [7, 11) is 0.